The zero-order valence-corrected chi connectivity index (χ0v) is 11.1. The van der Waals surface area contributed by atoms with Crippen molar-refractivity contribution in [2.45, 2.75) is 25.8 Å². The summed E-state index contributed by atoms with van der Waals surface area (Å²) in [7, 11) is 1.76. The number of carbonyl (C=O) groups excluding carboxylic acids is 1. The molecule has 1 aromatic rings. The summed E-state index contributed by atoms with van der Waals surface area (Å²) in [6, 6.07) is 5.32. The SMILES string of the molecule is CNC(C)(C)C(=O)Cc1cccc(Cl)c1Cl. The zero-order chi connectivity index (χ0) is 12.3. The summed E-state index contributed by atoms with van der Waals surface area (Å²) < 4.78 is 0. The van der Waals surface area contributed by atoms with Crippen LogP contribution in [0.3, 0.4) is 0 Å². The van der Waals surface area contributed by atoms with E-state index < -0.39 is 5.54 Å². The fourth-order valence-electron chi connectivity index (χ4n) is 1.22. The van der Waals surface area contributed by atoms with Gasteiger partial charge < -0.3 is 5.32 Å². The molecule has 88 valence electrons. The van der Waals surface area contributed by atoms with Gasteiger partial charge in [-0.25, -0.2) is 0 Å². The topological polar surface area (TPSA) is 29.1 Å². The van der Waals surface area contributed by atoms with E-state index in [0.29, 0.717) is 10.0 Å². The number of ketones is 1. The molecule has 1 N–H and O–H groups in total. The third kappa shape index (κ3) is 2.97. The number of hydrogen-bond donors (Lipinski definition) is 1. The zero-order valence-electron chi connectivity index (χ0n) is 9.60. The minimum Gasteiger partial charge on any atom is -0.308 e. The molecule has 1 rings (SSSR count). The third-order valence-electron chi connectivity index (χ3n) is 2.70. The van der Waals surface area contributed by atoms with Crippen LogP contribution in [0, 0.1) is 0 Å². The second-order valence-corrected chi connectivity index (χ2v) is 4.97. The highest BCUT2D eigenvalue weighted by molar-refractivity contribution is 6.42. The number of benzene rings is 1. The van der Waals surface area contributed by atoms with Crippen molar-refractivity contribution in [2.24, 2.45) is 0 Å². The summed E-state index contributed by atoms with van der Waals surface area (Å²) in [4.78, 5) is 12.0. The number of likely N-dealkylation sites (N-methyl/N-ethyl adjacent to an activating group) is 1. The van der Waals surface area contributed by atoms with Crippen LogP contribution in [0.15, 0.2) is 18.2 Å². The molecule has 0 saturated carbocycles. The summed E-state index contributed by atoms with van der Waals surface area (Å²) in [6.45, 7) is 3.68. The molecule has 2 nitrogen and oxygen atoms in total. The molecule has 0 aliphatic rings. The Bertz CT molecular complexity index is 402. The van der Waals surface area contributed by atoms with E-state index >= 15 is 0 Å². The van der Waals surface area contributed by atoms with Crippen LogP contribution >= 0.6 is 23.2 Å². The van der Waals surface area contributed by atoms with Crippen LogP contribution in [0.1, 0.15) is 19.4 Å². The van der Waals surface area contributed by atoms with E-state index in [9.17, 15) is 4.79 Å². The van der Waals surface area contributed by atoms with Crippen molar-refractivity contribution in [3.8, 4) is 0 Å². The molecule has 0 heterocycles. The summed E-state index contributed by atoms with van der Waals surface area (Å²) in [6.07, 6.45) is 0.285. The molecule has 0 aliphatic heterocycles. The molecule has 0 aromatic heterocycles. The molecule has 0 unspecified atom stereocenters. The molecule has 0 spiro atoms. The second-order valence-electron chi connectivity index (χ2n) is 4.19. The molecular formula is C12H15Cl2NO. The highest BCUT2D eigenvalue weighted by Crippen LogP contribution is 2.26. The van der Waals surface area contributed by atoms with E-state index in [1.54, 1.807) is 19.2 Å². The van der Waals surface area contributed by atoms with Gasteiger partial charge in [-0.15, -0.1) is 0 Å². The van der Waals surface area contributed by atoms with Crippen LogP contribution in [-0.4, -0.2) is 18.4 Å². The molecule has 0 amide bonds. The Hall–Kier alpha value is -0.570. The van der Waals surface area contributed by atoms with Gasteiger partial charge in [0.2, 0.25) is 0 Å². The molecule has 0 radical (unpaired) electrons. The summed E-state index contributed by atoms with van der Waals surface area (Å²) in [5.41, 5.74) is 0.216. The van der Waals surface area contributed by atoms with E-state index in [1.165, 1.54) is 0 Å². The van der Waals surface area contributed by atoms with Gasteiger partial charge in [0, 0.05) is 6.42 Å². The Kier molecular flexibility index (Phi) is 4.36. The Morgan fingerprint density at radius 2 is 2.00 bits per heavy atom. The van der Waals surface area contributed by atoms with Crippen LogP contribution in [0.25, 0.3) is 0 Å². The number of halogens is 2. The monoisotopic (exact) mass is 259 g/mol. The maximum Gasteiger partial charge on any atom is 0.156 e. The molecule has 1 aromatic carbocycles. The molecule has 0 atom stereocenters. The molecule has 0 fully saturated rings. The third-order valence-corrected chi connectivity index (χ3v) is 3.56. The van der Waals surface area contributed by atoms with Crippen molar-refractivity contribution >= 4 is 29.0 Å². The Balaban J connectivity index is 2.90. The van der Waals surface area contributed by atoms with Crippen LogP contribution in [-0.2, 0) is 11.2 Å². The number of nitrogens with one attached hydrogen (secondary N) is 1. The lowest BCUT2D eigenvalue weighted by molar-refractivity contribution is -0.123. The predicted molar refractivity (Wildman–Crippen MR) is 68.3 cm³/mol. The summed E-state index contributed by atoms with van der Waals surface area (Å²) in [5.74, 6) is 0.0826. The van der Waals surface area contributed by atoms with E-state index in [4.69, 9.17) is 23.2 Å². The normalized spacial score (nSPS) is 11.6. The maximum absolute atomic E-state index is 12.0. The van der Waals surface area contributed by atoms with E-state index in [2.05, 4.69) is 5.32 Å². The average molecular weight is 260 g/mol. The largest absolute Gasteiger partial charge is 0.308 e. The Morgan fingerprint density at radius 3 is 2.56 bits per heavy atom. The van der Waals surface area contributed by atoms with Crippen LogP contribution in [0.5, 0.6) is 0 Å². The van der Waals surface area contributed by atoms with Gasteiger partial charge in [-0.1, -0.05) is 35.3 Å². The average Bonchev–Trinajstić information content (AvgIpc) is 2.24. The number of hydrogen-bond acceptors (Lipinski definition) is 2. The van der Waals surface area contributed by atoms with Gasteiger partial charge >= 0.3 is 0 Å². The minimum atomic E-state index is -0.550. The van der Waals surface area contributed by atoms with Crippen molar-refractivity contribution in [1.29, 1.82) is 0 Å². The van der Waals surface area contributed by atoms with Crippen molar-refractivity contribution in [3.63, 3.8) is 0 Å². The van der Waals surface area contributed by atoms with Crippen molar-refractivity contribution < 1.29 is 4.79 Å². The van der Waals surface area contributed by atoms with Gasteiger partial charge in [0.15, 0.2) is 5.78 Å². The van der Waals surface area contributed by atoms with Crippen molar-refractivity contribution in [3.05, 3.63) is 33.8 Å². The maximum atomic E-state index is 12.0. The first kappa shape index (κ1) is 13.5. The molecule has 0 saturated heterocycles. The van der Waals surface area contributed by atoms with Gasteiger partial charge in [-0.05, 0) is 32.5 Å². The quantitative estimate of drug-likeness (QED) is 0.901. The van der Waals surface area contributed by atoms with Crippen LogP contribution in [0.2, 0.25) is 10.0 Å². The van der Waals surface area contributed by atoms with E-state index in [0.717, 1.165) is 5.56 Å². The first-order valence-corrected chi connectivity index (χ1v) is 5.79. The molecule has 4 heteroatoms. The van der Waals surface area contributed by atoms with Crippen molar-refractivity contribution in [1.82, 2.24) is 5.32 Å². The van der Waals surface area contributed by atoms with Gasteiger partial charge in [-0.2, -0.15) is 0 Å². The molecule has 0 bridgehead atoms. The van der Waals surface area contributed by atoms with Gasteiger partial charge in [-0.3, -0.25) is 4.79 Å². The van der Waals surface area contributed by atoms with E-state index in [-0.39, 0.29) is 12.2 Å². The smallest absolute Gasteiger partial charge is 0.156 e. The highest BCUT2D eigenvalue weighted by atomic mass is 35.5. The summed E-state index contributed by atoms with van der Waals surface area (Å²) >= 11 is 11.9. The lowest BCUT2D eigenvalue weighted by Crippen LogP contribution is -2.45. The summed E-state index contributed by atoms with van der Waals surface area (Å²) in [5, 5.41) is 3.91. The molecule has 16 heavy (non-hydrogen) atoms. The number of rotatable bonds is 4. The first-order chi connectivity index (χ1) is 7.38. The first-order valence-electron chi connectivity index (χ1n) is 5.03. The Morgan fingerprint density at radius 1 is 1.38 bits per heavy atom. The van der Waals surface area contributed by atoms with Gasteiger partial charge in [0.1, 0.15) is 0 Å². The number of carbonyl (C=O) groups is 1. The minimum absolute atomic E-state index is 0.0826. The highest BCUT2D eigenvalue weighted by Gasteiger charge is 2.25. The lowest BCUT2D eigenvalue weighted by Gasteiger charge is -2.22. The fourth-order valence-corrected chi connectivity index (χ4v) is 1.61. The fraction of sp³-hybridized carbons (Fsp3) is 0.417. The van der Waals surface area contributed by atoms with Crippen molar-refractivity contribution in [2.75, 3.05) is 7.05 Å². The standard InChI is InChI=1S/C12H15Cl2NO/c1-12(2,15-3)10(16)7-8-5-4-6-9(13)11(8)14/h4-6,15H,7H2,1-3H3. The Labute approximate surface area is 106 Å². The number of Topliss-reactive ketones (excluding diaryl/α,β-unsaturated/α-hetero) is 1. The van der Waals surface area contributed by atoms with Crippen LogP contribution < -0.4 is 5.32 Å². The second kappa shape index (κ2) is 5.17. The molecule has 0 aliphatic carbocycles. The lowest BCUT2D eigenvalue weighted by atomic mass is 9.94. The van der Waals surface area contributed by atoms with Gasteiger partial charge in [0.25, 0.3) is 0 Å². The van der Waals surface area contributed by atoms with E-state index in [1.807, 2.05) is 19.9 Å². The molecular weight excluding hydrogens is 245 g/mol. The van der Waals surface area contributed by atoms with Crippen LogP contribution in [0.4, 0.5) is 0 Å². The predicted octanol–water partition coefficient (Wildman–Crippen LogP) is 3.10. The van der Waals surface area contributed by atoms with Gasteiger partial charge in [0.05, 0.1) is 15.6 Å².